The van der Waals surface area contributed by atoms with Crippen LogP contribution < -0.4 is 20.5 Å². The Labute approximate surface area is 219 Å². The first-order valence-corrected chi connectivity index (χ1v) is 12.9. The zero-order valence-electron chi connectivity index (χ0n) is 21.1. The van der Waals surface area contributed by atoms with E-state index in [0.717, 1.165) is 23.4 Å². The smallest absolute Gasteiger partial charge is 0.275 e. The lowest BCUT2D eigenvalue weighted by atomic mass is 9.97. The molecule has 1 aliphatic rings. The summed E-state index contributed by atoms with van der Waals surface area (Å²) in [6.07, 6.45) is 1.52. The summed E-state index contributed by atoms with van der Waals surface area (Å²) in [6.45, 7) is 5.28. The van der Waals surface area contributed by atoms with Gasteiger partial charge in [-0.05, 0) is 68.1 Å². The molecule has 37 heavy (non-hydrogen) atoms. The molecule has 0 radical (unpaired) electrons. The number of carbonyl (C=O) groups is 3. The first kappa shape index (κ1) is 26.2. The van der Waals surface area contributed by atoms with Crippen LogP contribution in [-0.2, 0) is 4.79 Å². The SMILES string of the molecule is COc1ccc(C(N)=O)cc1NC(=O)c1csc(C2CCN(C(=O)COc3ccc(C)c(C)c3)CC2)n1. The minimum Gasteiger partial charge on any atom is -0.495 e. The molecule has 0 saturated carbocycles. The topological polar surface area (TPSA) is 124 Å². The molecule has 0 spiro atoms. The number of benzene rings is 2. The number of aryl methyl sites for hydroxylation is 2. The van der Waals surface area contributed by atoms with Crippen molar-refractivity contribution >= 4 is 34.7 Å². The fraction of sp³-hybridized carbons (Fsp3) is 0.333. The van der Waals surface area contributed by atoms with E-state index in [1.165, 1.54) is 36.1 Å². The number of amides is 3. The molecule has 2 aromatic carbocycles. The maximum Gasteiger partial charge on any atom is 0.275 e. The number of carbonyl (C=O) groups excluding carboxylic acids is 3. The second-order valence-electron chi connectivity index (χ2n) is 8.99. The molecule has 3 aromatic rings. The van der Waals surface area contributed by atoms with Crippen LogP contribution in [0.1, 0.15) is 55.7 Å². The molecular formula is C27H30N4O5S. The van der Waals surface area contributed by atoms with Gasteiger partial charge < -0.3 is 25.4 Å². The summed E-state index contributed by atoms with van der Waals surface area (Å²) in [5.41, 5.74) is 8.54. The number of ether oxygens (including phenoxy) is 2. The van der Waals surface area contributed by atoms with Crippen molar-refractivity contribution in [3.63, 3.8) is 0 Å². The Morgan fingerprint density at radius 3 is 2.54 bits per heavy atom. The van der Waals surface area contributed by atoms with Gasteiger partial charge in [0, 0.05) is 30.0 Å². The highest BCUT2D eigenvalue weighted by molar-refractivity contribution is 7.10. The molecule has 1 fully saturated rings. The predicted molar refractivity (Wildman–Crippen MR) is 142 cm³/mol. The van der Waals surface area contributed by atoms with Gasteiger partial charge in [-0.3, -0.25) is 14.4 Å². The van der Waals surface area contributed by atoms with E-state index in [9.17, 15) is 14.4 Å². The monoisotopic (exact) mass is 522 g/mol. The quantitative estimate of drug-likeness (QED) is 0.462. The maximum absolute atomic E-state index is 12.8. The van der Waals surface area contributed by atoms with Crippen molar-refractivity contribution in [1.29, 1.82) is 0 Å². The van der Waals surface area contributed by atoms with E-state index < -0.39 is 11.8 Å². The molecule has 2 heterocycles. The second-order valence-corrected chi connectivity index (χ2v) is 9.88. The van der Waals surface area contributed by atoms with E-state index in [-0.39, 0.29) is 29.7 Å². The zero-order valence-corrected chi connectivity index (χ0v) is 21.9. The normalized spacial score (nSPS) is 13.8. The third-order valence-corrected chi connectivity index (χ3v) is 7.53. The summed E-state index contributed by atoms with van der Waals surface area (Å²) in [5.74, 6) is 0.229. The number of aromatic nitrogens is 1. The Morgan fingerprint density at radius 1 is 1.11 bits per heavy atom. The molecule has 3 amide bonds. The molecule has 1 saturated heterocycles. The Morgan fingerprint density at radius 2 is 1.86 bits per heavy atom. The number of methoxy groups -OCH3 is 1. The number of rotatable bonds is 8. The van der Waals surface area contributed by atoms with Crippen molar-refractivity contribution in [2.75, 3.05) is 32.1 Å². The molecule has 0 atom stereocenters. The fourth-order valence-electron chi connectivity index (χ4n) is 4.14. The fourth-order valence-corrected chi connectivity index (χ4v) is 5.11. The van der Waals surface area contributed by atoms with Gasteiger partial charge in [0.05, 0.1) is 17.8 Å². The molecule has 0 unspecified atom stereocenters. The van der Waals surface area contributed by atoms with Gasteiger partial charge in [-0.1, -0.05) is 6.07 Å². The number of anilines is 1. The zero-order chi connectivity index (χ0) is 26.5. The number of hydrogen-bond acceptors (Lipinski definition) is 7. The van der Waals surface area contributed by atoms with Crippen LogP contribution in [0.3, 0.4) is 0 Å². The standard InChI is InChI=1S/C27H30N4O5S/c1-16-4-6-20(12-17(16)2)36-14-24(32)31-10-8-18(9-11-31)27-30-22(15-37-27)26(34)29-21-13-19(25(28)33)5-7-23(21)35-3/h4-7,12-13,15,18H,8-11,14H2,1-3H3,(H2,28,33)(H,29,34). The van der Waals surface area contributed by atoms with Crippen LogP contribution in [0.2, 0.25) is 0 Å². The van der Waals surface area contributed by atoms with Gasteiger partial charge in [-0.2, -0.15) is 0 Å². The first-order valence-electron chi connectivity index (χ1n) is 12.0. The molecule has 194 valence electrons. The van der Waals surface area contributed by atoms with Crippen molar-refractivity contribution in [3.05, 3.63) is 69.2 Å². The van der Waals surface area contributed by atoms with Gasteiger partial charge in [-0.25, -0.2) is 4.98 Å². The van der Waals surface area contributed by atoms with Gasteiger partial charge in [0.15, 0.2) is 6.61 Å². The van der Waals surface area contributed by atoms with Crippen LogP contribution in [0, 0.1) is 13.8 Å². The number of thiazole rings is 1. The number of piperidine rings is 1. The summed E-state index contributed by atoms with van der Waals surface area (Å²) in [4.78, 5) is 43.3. The third-order valence-electron chi connectivity index (χ3n) is 6.52. The van der Waals surface area contributed by atoms with Crippen molar-refractivity contribution in [3.8, 4) is 11.5 Å². The van der Waals surface area contributed by atoms with Crippen molar-refractivity contribution < 1.29 is 23.9 Å². The molecule has 3 N–H and O–H groups in total. The average Bonchev–Trinajstić information content (AvgIpc) is 3.40. The lowest BCUT2D eigenvalue weighted by Crippen LogP contribution is -2.40. The van der Waals surface area contributed by atoms with Crippen LogP contribution >= 0.6 is 11.3 Å². The predicted octanol–water partition coefficient (Wildman–Crippen LogP) is 3.90. The Hall–Kier alpha value is -3.92. The number of nitrogens with one attached hydrogen (secondary N) is 1. The highest BCUT2D eigenvalue weighted by Crippen LogP contribution is 2.31. The van der Waals surface area contributed by atoms with Crippen LogP contribution in [-0.4, -0.2) is 54.4 Å². The molecule has 4 rings (SSSR count). The summed E-state index contributed by atoms with van der Waals surface area (Å²) in [6, 6.07) is 10.4. The molecule has 0 aliphatic carbocycles. The lowest BCUT2D eigenvalue weighted by Gasteiger charge is -2.31. The van der Waals surface area contributed by atoms with Gasteiger partial charge >= 0.3 is 0 Å². The van der Waals surface area contributed by atoms with E-state index in [1.54, 1.807) is 11.4 Å². The van der Waals surface area contributed by atoms with Gasteiger partial charge in [0.1, 0.15) is 17.2 Å². The Bertz CT molecular complexity index is 1310. The molecular weight excluding hydrogens is 492 g/mol. The largest absolute Gasteiger partial charge is 0.495 e. The second kappa shape index (κ2) is 11.4. The number of primary amides is 1. The first-order chi connectivity index (χ1) is 17.7. The number of hydrogen-bond donors (Lipinski definition) is 2. The summed E-state index contributed by atoms with van der Waals surface area (Å²) < 4.78 is 11.0. The molecule has 0 bridgehead atoms. The highest BCUT2D eigenvalue weighted by Gasteiger charge is 2.27. The van der Waals surface area contributed by atoms with E-state index in [4.69, 9.17) is 15.2 Å². The number of nitrogens with two attached hydrogens (primary N) is 1. The van der Waals surface area contributed by atoms with Crippen molar-refractivity contribution in [2.24, 2.45) is 5.73 Å². The minimum atomic E-state index is -0.601. The molecule has 10 heteroatoms. The van der Waals surface area contributed by atoms with Crippen molar-refractivity contribution in [1.82, 2.24) is 9.88 Å². The van der Waals surface area contributed by atoms with Gasteiger partial charge in [0.25, 0.3) is 11.8 Å². The van der Waals surface area contributed by atoms with E-state index >= 15 is 0 Å². The summed E-state index contributed by atoms with van der Waals surface area (Å²) in [7, 11) is 1.47. The summed E-state index contributed by atoms with van der Waals surface area (Å²) in [5, 5.41) is 5.33. The van der Waals surface area contributed by atoms with Crippen LogP contribution in [0.4, 0.5) is 5.69 Å². The third kappa shape index (κ3) is 6.26. The maximum atomic E-state index is 12.8. The average molecular weight is 523 g/mol. The lowest BCUT2D eigenvalue weighted by molar-refractivity contribution is -0.134. The van der Waals surface area contributed by atoms with Crippen molar-refractivity contribution in [2.45, 2.75) is 32.6 Å². The van der Waals surface area contributed by atoms with Gasteiger partial charge in [0.2, 0.25) is 5.91 Å². The van der Waals surface area contributed by atoms with E-state index in [0.29, 0.717) is 30.3 Å². The molecule has 9 nitrogen and oxygen atoms in total. The van der Waals surface area contributed by atoms with E-state index in [1.807, 2.05) is 36.9 Å². The number of nitrogens with zero attached hydrogens (tertiary/aromatic N) is 2. The highest BCUT2D eigenvalue weighted by atomic mass is 32.1. The Kier molecular flexibility index (Phi) is 8.08. The van der Waals surface area contributed by atoms with Crippen LogP contribution in [0.5, 0.6) is 11.5 Å². The molecule has 1 aliphatic heterocycles. The Balaban J connectivity index is 1.31. The van der Waals surface area contributed by atoms with Crippen LogP contribution in [0.15, 0.2) is 41.8 Å². The number of likely N-dealkylation sites (tertiary alicyclic amines) is 1. The summed E-state index contributed by atoms with van der Waals surface area (Å²) >= 11 is 1.43. The van der Waals surface area contributed by atoms with Crippen LogP contribution in [0.25, 0.3) is 0 Å². The molecule has 1 aromatic heterocycles. The minimum absolute atomic E-state index is 0.00908. The van der Waals surface area contributed by atoms with Gasteiger partial charge in [-0.15, -0.1) is 11.3 Å². The van der Waals surface area contributed by atoms with E-state index in [2.05, 4.69) is 10.3 Å².